The Hall–Kier alpha value is -8.15. The third-order valence-electron chi connectivity index (χ3n) is 13.3. The molecule has 0 fully saturated rings. The van der Waals surface area contributed by atoms with Crippen LogP contribution in [0.5, 0.6) is 11.5 Å². The molecule has 0 N–H and O–H groups in total. The summed E-state index contributed by atoms with van der Waals surface area (Å²) in [6, 6.07) is 74.6. The largest absolute Gasteiger partial charge is 0.457 e. The van der Waals surface area contributed by atoms with Gasteiger partial charge in [0.05, 0.1) is 44.2 Å². The van der Waals surface area contributed by atoms with Crippen LogP contribution in [0.25, 0.3) is 83.1 Å². The van der Waals surface area contributed by atoms with Crippen molar-refractivity contribution in [1.29, 1.82) is 0 Å². The van der Waals surface area contributed by atoms with Gasteiger partial charge in [-0.05, 0) is 96.1 Å². The van der Waals surface area contributed by atoms with Crippen LogP contribution < -0.4 is 4.74 Å². The van der Waals surface area contributed by atoms with E-state index in [1.54, 1.807) is 0 Å². The lowest BCUT2D eigenvalue weighted by Crippen LogP contribution is -2.37. The van der Waals surface area contributed by atoms with Crippen molar-refractivity contribution in [2.45, 2.75) is 5.41 Å². The van der Waals surface area contributed by atoms with Gasteiger partial charge in [-0.1, -0.05) is 121 Å². The van der Waals surface area contributed by atoms with Gasteiger partial charge >= 0.3 is 0 Å². The van der Waals surface area contributed by atoms with E-state index in [9.17, 15) is 0 Å². The lowest BCUT2D eigenvalue weighted by Gasteiger charge is -2.45. The van der Waals surface area contributed by atoms with Crippen molar-refractivity contribution in [3.8, 4) is 39.9 Å². The molecule has 0 aliphatic carbocycles. The van der Waals surface area contributed by atoms with Gasteiger partial charge in [0.25, 0.3) is 0 Å². The third kappa shape index (κ3) is 4.21. The molecule has 5 heteroatoms. The molecular formula is C56H34N4O. The average molecular weight is 779 g/mol. The van der Waals surface area contributed by atoms with Crippen molar-refractivity contribution in [3.63, 3.8) is 0 Å². The number of ether oxygens (including phenoxy) is 1. The number of nitrogens with zero attached hydrogens (tertiary/aromatic N) is 4. The second-order valence-electron chi connectivity index (χ2n) is 16.3. The van der Waals surface area contributed by atoms with Crippen molar-refractivity contribution < 1.29 is 4.74 Å². The molecule has 9 aromatic carbocycles. The van der Waals surface area contributed by atoms with Crippen molar-refractivity contribution >= 4 is 54.6 Å². The zero-order chi connectivity index (χ0) is 39.8. The number of hydrogen-bond acceptors (Lipinski definition) is 2. The number of rotatable bonds is 3. The first-order chi connectivity index (χ1) is 30.3. The van der Waals surface area contributed by atoms with Crippen molar-refractivity contribution in [3.05, 3.63) is 229 Å². The standard InChI is InChI=1S/C56H34N4O/c1-2-15-36(16-3-1)59-50-27-12-8-23-46(50)57-55(59)35-29-31-37(32-30-35)58-47-24-9-5-18-39(47)41-33-53-45(34-51(41)58)56(43-21-7-13-28-52(43)61-53)42-20-6-11-26-49(42)60-48-25-10-4-17-38(48)40-19-14-22-44(56)54(40)60/h1-34H. The van der Waals surface area contributed by atoms with Gasteiger partial charge in [-0.3, -0.25) is 4.57 Å². The summed E-state index contributed by atoms with van der Waals surface area (Å²) in [5.41, 5.74) is 15.3. The van der Waals surface area contributed by atoms with Crippen LogP contribution in [-0.2, 0) is 5.41 Å². The molecule has 14 rings (SSSR count). The van der Waals surface area contributed by atoms with Crippen LogP contribution in [-0.4, -0.2) is 18.7 Å². The number of hydrogen-bond donors (Lipinski definition) is 0. The van der Waals surface area contributed by atoms with Gasteiger partial charge in [0, 0.05) is 49.6 Å². The molecule has 5 heterocycles. The summed E-state index contributed by atoms with van der Waals surface area (Å²) in [5, 5.41) is 4.84. The molecule has 1 unspecified atom stereocenters. The first-order valence-corrected chi connectivity index (χ1v) is 20.9. The molecule has 2 aliphatic rings. The van der Waals surface area contributed by atoms with Gasteiger partial charge in [0.15, 0.2) is 0 Å². The summed E-state index contributed by atoms with van der Waals surface area (Å²) in [7, 11) is 0. The summed E-state index contributed by atoms with van der Waals surface area (Å²) in [4.78, 5) is 5.17. The molecule has 0 saturated carbocycles. The van der Waals surface area contributed by atoms with Crippen LogP contribution >= 0.6 is 0 Å². The van der Waals surface area contributed by atoms with Crippen molar-refractivity contribution in [2.24, 2.45) is 0 Å². The summed E-state index contributed by atoms with van der Waals surface area (Å²) in [6.07, 6.45) is 0. The van der Waals surface area contributed by atoms with Crippen molar-refractivity contribution in [1.82, 2.24) is 18.7 Å². The Kier molecular flexibility index (Phi) is 6.43. The molecular weight excluding hydrogens is 745 g/mol. The molecule has 1 spiro atoms. The Morgan fingerprint density at radius 2 is 1.00 bits per heavy atom. The van der Waals surface area contributed by atoms with E-state index >= 15 is 0 Å². The fraction of sp³-hybridized carbons (Fsp3) is 0.0179. The Morgan fingerprint density at radius 1 is 0.377 bits per heavy atom. The predicted molar refractivity (Wildman–Crippen MR) is 247 cm³/mol. The minimum atomic E-state index is -0.666. The van der Waals surface area contributed by atoms with Crippen LogP contribution in [0.2, 0.25) is 0 Å². The van der Waals surface area contributed by atoms with E-state index < -0.39 is 5.41 Å². The Balaban J connectivity index is 1.05. The smallest absolute Gasteiger partial charge is 0.145 e. The predicted octanol–water partition coefficient (Wildman–Crippen LogP) is 13.7. The van der Waals surface area contributed by atoms with E-state index in [1.807, 2.05) is 0 Å². The highest BCUT2D eigenvalue weighted by atomic mass is 16.5. The Morgan fingerprint density at radius 3 is 1.84 bits per heavy atom. The fourth-order valence-electron chi connectivity index (χ4n) is 10.9. The summed E-state index contributed by atoms with van der Waals surface area (Å²) < 4.78 is 14.2. The van der Waals surface area contributed by atoms with Gasteiger partial charge < -0.3 is 13.9 Å². The fourth-order valence-corrected chi connectivity index (χ4v) is 10.9. The number of aromatic nitrogens is 4. The quantitative estimate of drug-likeness (QED) is 0.179. The van der Waals surface area contributed by atoms with E-state index in [0.29, 0.717) is 0 Å². The minimum absolute atomic E-state index is 0.666. The second-order valence-corrected chi connectivity index (χ2v) is 16.3. The van der Waals surface area contributed by atoms with Gasteiger partial charge in [-0.25, -0.2) is 4.98 Å². The van der Waals surface area contributed by atoms with E-state index in [-0.39, 0.29) is 0 Å². The van der Waals surface area contributed by atoms with Crippen LogP contribution in [0.1, 0.15) is 22.3 Å². The average Bonchev–Trinajstić information content (AvgIpc) is 3.99. The van der Waals surface area contributed by atoms with Gasteiger partial charge in [0.2, 0.25) is 0 Å². The van der Waals surface area contributed by atoms with Crippen LogP contribution in [0, 0.1) is 0 Å². The number of fused-ring (bicyclic) bond motifs is 15. The molecule has 0 radical (unpaired) electrons. The molecule has 12 aromatic rings. The Labute approximate surface area is 350 Å². The SMILES string of the molecule is c1ccc(-n2c(-c3ccc(-n4c5ccccc5c5cc6c(cc54)C4(c5ccccc5O6)c5ccccc5-n5c6ccccc6c6cccc4c65)cc3)nc3ccccc32)cc1. The monoisotopic (exact) mass is 778 g/mol. The van der Waals surface area contributed by atoms with E-state index in [4.69, 9.17) is 9.72 Å². The van der Waals surface area contributed by atoms with Crippen LogP contribution in [0.15, 0.2) is 206 Å². The third-order valence-corrected chi connectivity index (χ3v) is 13.3. The van der Waals surface area contributed by atoms with Gasteiger partial charge in [-0.2, -0.15) is 0 Å². The van der Waals surface area contributed by atoms with Gasteiger partial charge in [0.1, 0.15) is 17.3 Å². The molecule has 61 heavy (non-hydrogen) atoms. The lowest BCUT2D eigenvalue weighted by atomic mass is 9.61. The van der Waals surface area contributed by atoms with Crippen LogP contribution in [0.3, 0.4) is 0 Å². The molecule has 284 valence electrons. The molecule has 0 amide bonds. The molecule has 3 aromatic heterocycles. The summed E-state index contributed by atoms with van der Waals surface area (Å²) >= 11 is 0. The highest BCUT2D eigenvalue weighted by Crippen LogP contribution is 2.61. The number of para-hydroxylation sites is 8. The highest BCUT2D eigenvalue weighted by Gasteiger charge is 2.50. The first kappa shape index (κ1) is 32.8. The van der Waals surface area contributed by atoms with Crippen LogP contribution in [0.4, 0.5) is 0 Å². The molecule has 1 atom stereocenters. The molecule has 0 saturated heterocycles. The molecule has 2 aliphatic heterocycles. The van der Waals surface area contributed by atoms with Gasteiger partial charge in [-0.15, -0.1) is 0 Å². The molecule has 5 nitrogen and oxygen atoms in total. The van der Waals surface area contributed by atoms with E-state index in [0.717, 1.165) is 72.8 Å². The molecule has 0 bridgehead atoms. The maximum Gasteiger partial charge on any atom is 0.145 e. The number of benzene rings is 9. The topological polar surface area (TPSA) is 36.9 Å². The highest BCUT2D eigenvalue weighted by molar-refractivity contribution is 6.13. The first-order valence-electron chi connectivity index (χ1n) is 20.9. The lowest BCUT2D eigenvalue weighted by molar-refractivity contribution is 0.435. The number of imidazole rings is 1. The maximum absolute atomic E-state index is 7.05. The summed E-state index contributed by atoms with van der Waals surface area (Å²) in [6.45, 7) is 0. The Bertz CT molecular complexity index is 3800. The second kappa shape index (κ2) is 12.0. The zero-order valence-corrected chi connectivity index (χ0v) is 32.8. The summed E-state index contributed by atoms with van der Waals surface area (Å²) in [5.74, 6) is 2.67. The van der Waals surface area contributed by atoms with Crippen molar-refractivity contribution in [2.75, 3.05) is 0 Å². The maximum atomic E-state index is 7.05. The van der Waals surface area contributed by atoms with E-state index in [1.165, 1.54) is 44.0 Å². The van der Waals surface area contributed by atoms with E-state index in [2.05, 4.69) is 220 Å². The zero-order valence-electron chi connectivity index (χ0n) is 32.8. The normalized spacial score (nSPS) is 15.1. The minimum Gasteiger partial charge on any atom is -0.457 e.